The van der Waals surface area contributed by atoms with E-state index in [1.807, 2.05) is 45.2 Å². The molecule has 0 amide bonds. The highest BCUT2D eigenvalue weighted by atomic mass is 14.9. The fourth-order valence-corrected chi connectivity index (χ4v) is 1.12. The third-order valence-electron chi connectivity index (χ3n) is 2.14. The van der Waals surface area contributed by atoms with Crippen molar-refractivity contribution in [2.75, 3.05) is 7.05 Å². The minimum Gasteiger partial charge on any atom is -0.387 e. The van der Waals surface area contributed by atoms with Crippen molar-refractivity contribution in [1.29, 1.82) is 0 Å². The number of hydrogen-bond donors (Lipinski definition) is 1. The predicted molar refractivity (Wildman–Crippen MR) is 62.1 cm³/mol. The number of benzene rings is 1. The number of nitrogens with zero attached hydrogens (tertiary/aromatic N) is 1. The summed E-state index contributed by atoms with van der Waals surface area (Å²) in [6.07, 6.45) is 0. The lowest BCUT2D eigenvalue weighted by Gasteiger charge is -2.05. The monoisotopic (exact) mass is 188 g/mol. The van der Waals surface area contributed by atoms with E-state index in [1.54, 1.807) is 0 Å². The van der Waals surface area contributed by atoms with Crippen molar-refractivity contribution in [2.45, 2.75) is 13.8 Å². The van der Waals surface area contributed by atoms with Gasteiger partial charge in [-0.15, -0.1) is 0 Å². The molecule has 1 N–H and O–H groups in total. The summed E-state index contributed by atoms with van der Waals surface area (Å²) in [7, 11) is 1.85. The zero-order valence-electron chi connectivity index (χ0n) is 8.96. The molecule has 0 fully saturated rings. The van der Waals surface area contributed by atoms with Crippen LogP contribution < -0.4 is 5.32 Å². The highest BCUT2D eigenvalue weighted by Crippen LogP contribution is 2.17. The highest BCUT2D eigenvalue weighted by Gasteiger charge is 1.97. The SMILES string of the molecule is C=C(NC)C(C)=Nc1ccccc1C. The number of hydrogen-bond acceptors (Lipinski definition) is 2. The molecule has 0 atom stereocenters. The quantitative estimate of drug-likeness (QED) is 0.725. The fourth-order valence-electron chi connectivity index (χ4n) is 1.12. The molecule has 0 heterocycles. The summed E-state index contributed by atoms with van der Waals surface area (Å²) < 4.78 is 0. The Labute approximate surface area is 85.4 Å². The Kier molecular flexibility index (Phi) is 3.46. The molecule has 0 aliphatic heterocycles. The summed E-state index contributed by atoms with van der Waals surface area (Å²) >= 11 is 0. The standard InChI is InChI=1S/C12H16N2/c1-9-7-5-6-8-12(9)14-11(3)10(2)13-4/h5-8,13H,2H2,1,3-4H3. The summed E-state index contributed by atoms with van der Waals surface area (Å²) in [5.74, 6) is 0. The minimum atomic E-state index is 0.855. The van der Waals surface area contributed by atoms with Crippen LogP contribution in [-0.4, -0.2) is 12.8 Å². The molecule has 2 nitrogen and oxygen atoms in total. The average Bonchev–Trinajstić information content (AvgIpc) is 2.20. The summed E-state index contributed by atoms with van der Waals surface area (Å²) in [6, 6.07) is 8.05. The molecule has 1 rings (SSSR count). The van der Waals surface area contributed by atoms with E-state index in [0.29, 0.717) is 0 Å². The van der Waals surface area contributed by atoms with Crippen molar-refractivity contribution < 1.29 is 0 Å². The molecule has 0 saturated heterocycles. The van der Waals surface area contributed by atoms with Crippen LogP contribution in [0.2, 0.25) is 0 Å². The Hall–Kier alpha value is -1.57. The molecule has 1 aromatic rings. The Bertz CT molecular complexity index is 364. The smallest absolute Gasteiger partial charge is 0.0662 e. The number of allylic oxidation sites excluding steroid dienone is 1. The van der Waals surface area contributed by atoms with Gasteiger partial charge in [0.05, 0.1) is 11.4 Å². The summed E-state index contributed by atoms with van der Waals surface area (Å²) in [5, 5.41) is 2.98. The van der Waals surface area contributed by atoms with Crippen LogP contribution in [0.4, 0.5) is 5.69 Å². The van der Waals surface area contributed by atoms with Crippen LogP contribution in [0, 0.1) is 6.92 Å². The summed E-state index contributed by atoms with van der Waals surface area (Å²) in [5.41, 5.74) is 3.95. The number of rotatable bonds is 3. The largest absolute Gasteiger partial charge is 0.387 e. The van der Waals surface area contributed by atoms with Gasteiger partial charge in [0, 0.05) is 12.7 Å². The fraction of sp³-hybridized carbons (Fsp3) is 0.250. The van der Waals surface area contributed by atoms with Gasteiger partial charge < -0.3 is 5.32 Å². The van der Waals surface area contributed by atoms with Crippen LogP contribution >= 0.6 is 0 Å². The Balaban J connectivity index is 2.97. The first-order chi connectivity index (χ1) is 6.65. The molecule has 0 unspecified atom stereocenters. The molecule has 14 heavy (non-hydrogen) atoms. The maximum atomic E-state index is 4.48. The van der Waals surface area contributed by atoms with E-state index in [1.165, 1.54) is 5.56 Å². The van der Waals surface area contributed by atoms with Crippen molar-refractivity contribution in [1.82, 2.24) is 5.32 Å². The number of para-hydroxylation sites is 1. The number of nitrogens with one attached hydrogen (secondary N) is 1. The van der Waals surface area contributed by atoms with Crippen LogP contribution in [0.3, 0.4) is 0 Å². The molecule has 74 valence electrons. The molecule has 1 aromatic carbocycles. The van der Waals surface area contributed by atoms with E-state index in [-0.39, 0.29) is 0 Å². The van der Waals surface area contributed by atoms with Crippen LogP contribution in [0.5, 0.6) is 0 Å². The molecule has 0 radical (unpaired) electrons. The molecule has 0 aliphatic carbocycles. The van der Waals surface area contributed by atoms with Gasteiger partial charge in [-0.05, 0) is 25.5 Å². The minimum absolute atomic E-state index is 0.855. The van der Waals surface area contributed by atoms with E-state index in [0.717, 1.165) is 17.1 Å². The zero-order valence-corrected chi connectivity index (χ0v) is 8.96. The average molecular weight is 188 g/mol. The van der Waals surface area contributed by atoms with Gasteiger partial charge in [0.25, 0.3) is 0 Å². The van der Waals surface area contributed by atoms with Crippen LogP contribution in [-0.2, 0) is 0 Å². The van der Waals surface area contributed by atoms with E-state index in [2.05, 4.69) is 16.9 Å². The molecule has 0 aromatic heterocycles. The number of aryl methyl sites for hydroxylation is 1. The van der Waals surface area contributed by atoms with Crippen LogP contribution in [0.1, 0.15) is 12.5 Å². The van der Waals surface area contributed by atoms with E-state index < -0.39 is 0 Å². The first-order valence-corrected chi connectivity index (χ1v) is 4.63. The molecular formula is C12H16N2. The Morgan fingerprint density at radius 3 is 2.57 bits per heavy atom. The van der Waals surface area contributed by atoms with Crippen LogP contribution in [0.25, 0.3) is 0 Å². The molecule has 0 bridgehead atoms. The summed E-state index contributed by atoms with van der Waals surface area (Å²) in [6.45, 7) is 7.86. The third kappa shape index (κ3) is 2.46. The maximum Gasteiger partial charge on any atom is 0.0662 e. The Morgan fingerprint density at radius 1 is 1.36 bits per heavy atom. The second-order valence-electron chi connectivity index (χ2n) is 3.21. The first-order valence-electron chi connectivity index (χ1n) is 4.63. The van der Waals surface area contributed by atoms with Gasteiger partial charge >= 0.3 is 0 Å². The van der Waals surface area contributed by atoms with Crippen LogP contribution in [0.15, 0.2) is 41.5 Å². The lowest BCUT2D eigenvalue weighted by Crippen LogP contribution is -2.11. The predicted octanol–water partition coefficient (Wildman–Crippen LogP) is 2.82. The lowest BCUT2D eigenvalue weighted by atomic mass is 10.2. The Morgan fingerprint density at radius 2 is 2.00 bits per heavy atom. The number of aliphatic imine (C=N–C) groups is 1. The van der Waals surface area contributed by atoms with Gasteiger partial charge in [0.1, 0.15) is 0 Å². The zero-order chi connectivity index (χ0) is 10.6. The van der Waals surface area contributed by atoms with E-state index >= 15 is 0 Å². The molecular weight excluding hydrogens is 172 g/mol. The molecule has 2 heteroatoms. The second-order valence-corrected chi connectivity index (χ2v) is 3.21. The lowest BCUT2D eigenvalue weighted by molar-refractivity contribution is 1.05. The van der Waals surface area contributed by atoms with Crippen molar-refractivity contribution >= 4 is 11.4 Å². The molecule has 0 saturated carbocycles. The third-order valence-corrected chi connectivity index (χ3v) is 2.14. The second kappa shape index (κ2) is 4.61. The van der Waals surface area contributed by atoms with Gasteiger partial charge in [-0.1, -0.05) is 24.8 Å². The molecule has 0 spiro atoms. The van der Waals surface area contributed by atoms with Crippen molar-refractivity contribution in [3.8, 4) is 0 Å². The molecule has 0 aliphatic rings. The van der Waals surface area contributed by atoms with Crippen molar-refractivity contribution in [3.05, 3.63) is 42.1 Å². The van der Waals surface area contributed by atoms with E-state index in [4.69, 9.17) is 0 Å². The van der Waals surface area contributed by atoms with Crippen molar-refractivity contribution in [3.63, 3.8) is 0 Å². The topological polar surface area (TPSA) is 24.4 Å². The van der Waals surface area contributed by atoms with Gasteiger partial charge in [-0.2, -0.15) is 0 Å². The van der Waals surface area contributed by atoms with Gasteiger partial charge in [-0.25, -0.2) is 0 Å². The van der Waals surface area contributed by atoms with Gasteiger partial charge in [0.2, 0.25) is 0 Å². The maximum absolute atomic E-state index is 4.48. The highest BCUT2D eigenvalue weighted by molar-refractivity contribution is 5.98. The normalized spacial score (nSPS) is 11.2. The summed E-state index contributed by atoms with van der Waals surface area (Å²) in [4.78, 5) is 4.48. The van der Waals surface area contributed by atoms with Gasteiger partial charge in [-0.3, -0.25) is 4.99 Å². The van der Waals surface area contributed by atoms with Crippen molar-refractivity contribution in [2.24, 2.45) is 4.99 Å². The first kappa shape index (κ1) is 10.5. The van der Waals surface area contributed by atoms with E-state index in [9.17, 15) is 0 Å². The van der Waals surface area contributed by atoms with Gasteiger partial charge in [0.15, 0.2) is 0 Å².